The Morgan fingerprint density at radius 2 is 1.76 bits per heavy atom. The molecule has 0 unspecified atom stereocenters. The average Bonchev–Trinajstić information content (AvgIpc) is 2.38. The molecule has 0 spiro atoms. The van der Waals surface area contributed by atoms with Gasteiger partial charge in [-0.2, -0.15) is 5.26 Å². The van der Waals surface area contributed by atoms with Gasteiger partial charge in [0.05, 0.1) is 11.6 Å². The van der Waals surface area contributed by atoms with Gasteiger partial charge in [0.25, 0.3) is 0 Å². The molecule has 0 aliphatic heterocycles. The molecule has 84 valence electrons. The minimum atomic E-state index is 0.660. The van der Waals surface area contributed by atoms with Crippen molar-refractivity contribution in [1.29, 1.82) is 5.26 Å². The lowest BCUT2D eigenvalue weighted by Gasteiger charge is -2.07. The molecule has 2 rings (SSSR count). The van der Waals surface area contributed by atoms with Gasteiger partial charge < -0.3 is 5.32 Å². The third kappa shape index (κ3) is 2.99. The van der Waals surface area contributed by atoms with Crippen molar-refractivity contribution in [3.63, 3.8) is 0 Å². The molecule has 0 amide bonds. The van der Waals surface area contributed by atoms with E-state index < -0.39 is 0 Å². The lowest BCUT2D eigenvalue weighted by atomic mass is 10.2. The Hall–Kier alpha value is -1.98. The van der Waals surface area contributed by atoms with Gasteiger partial charge in [0.1, 0.15) is 0 Å². The van der Waals surface area contributed by atoms with Crippen LogP contribution in [0.15, 0.2) is 48.5 Å². The third-order valence-electron chi connectivity index (χ3n) is 2.45. The molecule has 0 saturated carbocycles. The summed E-state index contributed by atoms with van der Waals surface area (Å²) in [5.74, 6) is 0. The minimum Gasteiger partial charge on any atom is -0.381 e. The molecule has 0 bridgehead atoms. The topological polar surface area (TPSA) is 35.8 Å². The van der Waals surface area contributed by atoms with Crippen LogP contribution in [0.1, 0.15) is 11.1 Å². The number of rotatable bonds is 3. The maximum absolute atomic E-state index is 8.68. The second-order valence-electron chi connectivity index (χ2n) is 3.63. The van der Waals surface area contributed by atoms with Crippen molar-refractivity contribution in [2.45, 2.75) is 6.54 Å². The molecular weight excluding hydrogens is 232 g/mol. The predicted molar refractivity (Wildman–Crippen MR) is 69.9 cm³/mol. The second-order valence-corrected chi connectivity index (χ2v) is 4.04. The van der Waals surface area contributed by atoms with Gasteiger partial charge in [-0.25, -0.2) is 0 Å². The van der Waals surface area contributed by atoms with Crippen molar-refractivity contribution in [2.75, 3.05) is 5.32 Å². The number of nitrogens with one attached hydrogen (secondary N) is 1. The molecule has 2 nitrogen and oxygen atoms in total. The molecule has 0 aliphatic rings. The Labute approximate surface area is 105 Å². The number of anilines is 1. The molecule has 2 aromatic rings. The van der Waals surface area contributed by atoms with Crippen molar-refractivity contribution < 1.29 is 0 Å². The van der Waals surface area contributed by atoms with Gasteiger partial charge in [0.2, 0.25) is 0 Å². The van der Waals surface area contributed by atoms with E-state index in [4.69, 9.17) is 16.9 Å². The van der Waals surface area contributed by atoms with E-state index in [-0.39, 0.29) is 0 Å². The first kappa shape index (κ1) is 11.5. The molecule has 0 aliphatic carbocycles. The van der Waals surface area contributed by atoms with E-state index in [9.17, 15) is 0 Å². The lowest BCUT2D eigenvalue weighted by Crippen LogP contribution is -1.99. The molecule has 0 heterocycles. The van der Waals surface area contributed by atoms with Crippen LogP contribution in [0.4, 0.5) is 5.69 Å². The monoisotopic (exact) mass is 242 g/mol. The molecule has 17 heavy (non-hydrogen) atoms. The quantitative estimate of drug-likeness (QED) is 0.888. The van der Waals surface area contributed by atoms with Crippen LogP contribution in [0.3, 0.4) is 0 Å². The third-order valence-corrected chi connectivity index (χ3v) is 2.82. The van der Waals surface area contributed by atoms with Crippen molar-refractivity contribution in [1.82, 2.24) is 0 Å². The summed E-state index contributed by atoms with van der Waals surface area (Å²) in [5, 5.41) is 12.7. The fourth-order valence-electron chi connectivity index (χ4n) is 1.50. The summed E-state index contributed by atoms with van der Waals surface area (Å²) in [7, 11) is 0. The molecule has 0 saturated heterocycles. The highest BCUT2D eigenvalue weighted by molar-refractivity contribution is 6.31. The molecule has 2 aromatic carbocycles. The Balaban J connectivity index is 2.03. The van der Waals surface area contributed by atoms with Crippen molar-refractivity contribution >= 4 is 17.3 Å². The van der Waals surface area contributed by atoms with E-state index in [1.54, 1.807) is 12.1 Å². The predicted octanol–water partition coefficient (Wildman–Crippen LogP) is 3.82. The first-order chi connectivity index (χ1) is 8.29. The Morgan fingerprint density at radius 1 is 1.06 bits per heavy atom. The number of hydrogen-bond donors (Lipinski definition) is 1. The van der Waals surface area contributed by atoms with E-state index in [1.165, 1.54) is 0 Å². The van der Waals surface area contributed by atoms with Gasteiger partial charge in [-0.15, -0.1) is 0 Å². The highest BCUT2D eigenvalue weighted by atomic mass is 35.5. The molecule has 0 fully saturated rings. The van der Waals surface area contributed by atoms with Gasteiger partial charge in [-0.1, -0.05) is 29.8 Å². The maximum atomic E-state index is 8.68. The average molecular weight is 243 g/mol. The zero-order valence-corrected chi connectivity index (χ0v) is 9.91. The van der Waals surface area contributed by atoms with Crippen molar-refractivity contribution in [3.05, 3.63) is 64.7 Å². The highest BCUT2D eigenvalue weighted by Crippen LogP contribution is 2.17. The summed E-state index contributed by atoms with van der Waals surface area (Å²) >= 11 is 6.06. The SMILES string of the molecule is N#Cc1ccc(NCc2ccccc2Cl)cc1. The lowest BCUT2D eigenvalue weighted by molar-refractivity contribution is 1.15. The number of halogens is 1. The largest absolute Gasteiger partial charge is 0.381 e. The molecule has 1 N–H and O–H groups in total. The highest BCUT2D eigenvalue weighted by Gasteiger charge is 1.98. The van der Waals surface area contributed by atoms with Gasteiger partial charge in [-0.3, -0.25) is 0 Å². The van der Waals surface area contributed by atoms with Crippen LogP contribution in [0, 0.1) is 11.3 Å². The molecule has 0 atom stereocenters. The van der Waals surface area contributed by atoms with E-state index in [0.29, 0.717) is 12.1 Å². The standard InChI is InChI=1S/C14H11ClN2/c15-14-4-2-1-3-12(14)10-17-13-7-5-11(9-16)6-8-13/h1-8,17H,10H2. The van der Waals surface area contributed by atoms with Crippen LogP contribution in [0.5, 0.6) is 0 Å². The van der Waals surface area contributed by atoms with Crippen LogP contribution in [0.25, 0.3) is 0 Å². The zero-order valence-electron chi connectivity index (χ0n) is 9.15. The Bertz CT molecular complexity index is 541. The summed E-state index contributed by atoms with van der Waals surface area (Å²) in [5.41, 5.74) is 2.69. The number of nitriles is 1. The first-order valence-corrected chi connectivity index (χ1v) is 5.65. The maximum Gasteiger partial charge on any atom is 0.0991 e. The van der Waals surface area contributed by atoms with Crippen LogP contribution in [-0.4, -0.2) is 0 Å². The molecule has 0 aromatic heterocycles. The van der Waals surface area contributed by atoms with Crippen LogP contribution >= 0.6 is 11.6 Å². The van der Waals surface area contributed by atoms with E-state index in [2.05, 4.69) is 11.4 Å². The summed E-state index contributed by atoms with van der Waals surface area (Å²) in [6, 6.07) is 17.2. The fourth-order valence-corrected chi connectivity index (χ4v) is 1.70. The first-order valence-electron chi connectivity index (χ1n) is 5.27. The van der Waals surface area contributed by atoms with Gasteiger partial charge in [0, 0.05) is 17.3 Å². The van der Waals surface area contributed by atoms with Crippen LogP contribution in [0.2, 0.25) is 5.02 Å². The van der Waals surface area contributed by atoms with Crippen LogP contribution < -0.4 is 5.32 Å². The summed E-state index contributed by atoms with van der Waals surface area (Å²) in [6.07, 6.45) is 0. The van der Waals surface area contributed by atoms with E-state index in [0.717, 1.165) is 16.3 Å². The van der Waals surface area contributed by atoms with E-state index >= 15 is 0 Å². The Kier molecular flexibility index (Phi) is 3.64. The smallest absolute Gasteiger partial charge is 0.0991 e. The van der Waals surface area contributed by atoms with Crippen molar-refractivity contribution in [3.8, 4) is 6.07 Å². The van der Waals surface area contributed by atoms with Gasteiger partial charge in [0.15, 0.2) is 0 Å². The number of nitrogens with zero attached hydrogens (tertiary/aromatic N) is 1. The fraction of sp³-hybridized carbons (Fsp3) is 0.0714. The summed E-state index contributed by atoms with van der Waals surface area (Å²) < 4.78 is 0. The minimum absolute atomic E-state index is 0.660. The Morgan fingerprint density at radius 3 is 2.41 bits per heavy atom. The molecule has 0 radical (unpaired) electrons. The van der Waals surface area contributed by atoms with Gasteiger partial charge >= 0.3 is 0 Å². The summed E-state index contributed by atoms with van der Waals surface area (Å²) in [6.45, 7) is 0.672. The number of benzene rings is 2. The number of hydrogen-bond acceptors (Lipinski definition) is 2. The molecule has 3 heteroatoms. The van der Waals surface area contributed by atoms with Crippen LogP contribution in [-0.2, 0) is 6.54 Å². The van der Waals surface area contributed by atoms with Crippen molar-refractivity contribution in [2.24, 2.45) is 0 Å². The second kappa shape index (κ2) is 5.38. The molecular formula is C14H11ClN2. The summed E-state index contributed by atoms with van der Waals surface area (Å²) in [4.78, 5) is 0. The van der Waals surface area contributed by atoms with E-state index in [1.807, 2.05) is 36.4 Å². The zero-order chi connectivity index (χ0) is 12.1. The normalized spacial score (nSPS) is 9.65. The van der Waals surface area contributed by atoms with Gasteiger partial charge in [-0.05, 0) is 35.9 Å².